The summed E-state index contributed by atoms with van der Waals surface area (Å²) in [7, 11) is 0. The number of hydrogen-bond acceptors (Lipinski definition) is 8. The Morgan fingerprint density at radius 2 is 1.84 bits per heavy atom. The molecule has 1 amide bonds. The van der Waals surface area contributed by atoms with Crippen molar-refractivity contribution in [2.75, 3.05) is 67.3 Å². The van der Waals surface area contributed by atoms with Gasteiger partial charge in [0.05, 0.1) is 18.8 Å². The molecule has 2 atom stereocenters. The summed E-state index contributed by atoms with van der Waals surface area (Å²) in [6.45, 7) is 8.48. The number of nitrogens with one attached hydrogen (secondary N) is 1. The number of ether oxygens (including phenoxy) is 2. The first-order valence-corrected chi connectivity index (χ1v) is 13.4. The molecule has 0 saturated carbocycles. The summed E-state index contributed by atoms with van der Waals surface area (Å²) in [5, 5.41) is 2.78. The van der Waals surface area contributed by atoms with Crippen LogP contribution in [0.2, 0.25) is 0 Å². The van der Waals surface area contributed by atoms with Crippen LogP contribution >= 0.6 is 11.8 Å². The fraction of sp³-hybridized carbons (Fsp3) is 0.407. The lowest BCUT2D eigenvalue weighted by molar-refractivity contribution is 0.128. The Morgan fingerprint density at radius 1 is 1.11 bits per heavy atom. The van der Waals surface area contributed by atoms with Gasteiger partial charge < -0.3 is 35.2 Å². The highest BCUT2D eigenvalue weighted by molar-refractivity contribution is 8.14. The van der Waals surface area contributed by atoms with Crippen LogP contribution in [0.25, 0.3) is 0 Å². The van der Waals surface area contributed by atoms with Crippen LogP contribution in [0.15, 0.2) is 60.7 Å². The average Bonchev–Trinajstić information content (AvgIpc) is 3.24. The SMILES string of the molecule is C=C=C1OC(CN)CN1c1ccc(N2CCN(c3ccc(CC4COCNC(=O)S4)cc3)CC2)c(F)c1. The highest BCUT2D eigenvalue weighted by atomic mass is 32.2. The molecule has 0 radical (unpaired) electrons. The molecule has 2 aromatic carbocycles. The van der Waals surface area contributed by atoms with Gasteiger partial charge in [-0.25, -0.2) is 4.39 Å². The molecule has 5 rings (SSSR count). The summed E-state index contributed by atoms with van der Waals surface area (Å²) in [6, 6.07) is 13.8. The molecule has 2 aromatic rings. The quantitative estimate of drug-likeness (QED) is 0.556. The van der Waals surface area contributed by atoms with Crippen LogP contribution in [0.1, 0.15) is 5.56 Å². The number of rotatable bonds is 6. The lowest BCUT2D eigenvalue weighted by Gasteiger charge is -2.37. The van der Waals surface area contributed by atoms with Crippen molar-refractivity contribution >= 4 is 34.1 Å². The van der Waals surface area contributed by atoms with E-state index in [1.165, 1.54) is 17.3 Å². The minimum atomic E-state index is -0.260. The Kier molecular flexibility index (Phi) is 7.90. The van der Waals surface area contributed by atoms with Gasteiger partial charge in [0.1, 0.15) is 18.7 Å². The standard InChI is InChI=1S/C27H32FN5O3S/c1-2-26-33(16-22(15-29)36-26)21-7-8-25(24(28)14-21)32-11-9-31(10-12-32)20-5-3-19(4-6-20)13-23-17-35-18-30-27(34)37-23/h3-8,14,22-23H,1,9-13,15-18,29H2,(H,30,34). The third-order valence-corrected chi connectivity index (χ3v) is 7.84. The zero-order valence-electron chi connectivity index (χ0n) is 20.7. The van der Waals surface area contributed by atoms with Crippen LogP contribution in [0.4, 0.5) is 26.2 Å². The lowest BCUT2D eigenvalue weighted by Crippen LogP contribution is -2.46. The third kappa shape index (κ3) is 5.88. The van der Waals surface area contributed by atoms with Crippen molar-refractivity contribution in [1.82, 2.24) is 5.32 Å². The molecule has 3 fully saturated rings. The number of thioether (sulfide) groups is 1. The van der Waals surface area contributed by atoms with Gasteiger partial charge in [-0.1, -0.05) is 36.2 Å². The molecule has 2 unspecified atom stereocenters. The number of halogens is 1. The van der Waals surface area contributed by atoms with Crippen LogP contribution in [0.5, 0.6) is 0 Å². The van der Waals surface area contributed by atoms with Crippen molar-refractivity contribution in [2.45, 2.75) is 17.8 Å². The first-order chi connectivity index (χ1) is 18.0. The number of carbonyl (C=O) groups excluding carboxylic acids is 1. The summed E-state index contributed by atoms with van der Waals surface area (Å²) >= 11 is 1.30. The maximum Gasteiger partial charge on any atom is 0.281 e. The topological polar surface area (TPSA) is 83.3 Å². The number of benzene rings is 2. The molecule has 0 aromatic heterocycles. The fourth-order valence-electron chi connectivity index (χ4n) is 4.89. The molecule has 196 valence electrons. The number of carbonyl (C=O) groups is 1. The molecule has 3 aliphatic rings. The molecule has 10 heteroatoms. The Morgan fingerprint density at radius 3 is 2.54 bits per heavy atom. The second kappa shape index (κ2) is 11.5. The van der Waals surface area contributed by atoms with E-state index in [9.17, 15) is 4.79 Å². The zero-order valence-corrected chi connectivity index (χ0v) is 21.5. The van der Waals surface area contributed by atoms with Crippen LogP contribution in [-0.4, -0.2) is 69.2 Å². The molecule has 3 saturated heterocycles. The predicted octanol–water partition coefficient (Wildman–Crippen LogP) is 3.28. The Hall–Kier alpha value is -3.17. The number of piperazine rings is 1. The van der Waals surface area contributed by atoms with Gasteiger partial charge in [-0.3, -0.25) is 4.79 Å². The van der Waals surface area contributed by atoms with Crippen LogP contribution in [-0.2, 0) is 15.9 Å². The van der Waals surface area contributed by atoms with Gasteiger partial charge in [0.2, 0.25) is 5.88 Å². The van der Waals surface area contributed by atoms with Crippen molar-refractivity contribution in [3.63, 3.8) is 0 Å². The zero-order chi connectivity index (χ0) is 25.8. The molecule has 0 bridgehead atoms. The highest BCUT2D eigenvalue weighted by Crippen LogP contribution is 2.31. The minimum Gasteiger partial charge on any atom is -0.466 e. The molecule has 0 aliphatic carbocycles. The van der Waals surface area contributed by atoms with E-state index in [0.717, 1.165) is 38.3 Å². The molecule has 3 aliphatic heterocycles. The van der Waals surface area contributed by atoms with Gasteiger partial charge in [-0.05, 0) is 42.3 Å². The largest absolute Gasteiger partial charge is 0.466 e. The first-order valence-electron chi connectivity index (χ1n) is 12.5. The number of anilines is 3. The van der Waals surface area contributed by atoms with E-state index < -0.39 is 0 Å². The second-order valence-corrected chi connectivity index (χ2v) is 10.5. The highest BCUT2D eigenvalue weighted by Gasteiger charge is 2.29. The summed E-state index contributed by atoms with van der Waals surface area (Å²) in [4.78, 5) is 18.0. The van der Waals surface area contributed by atoms with E-state index in [-0.39, 0.29) is 29.1 Å². The molecule has 0 spiro atoms. The van der Waals surface area contributed by atoms with Gasteiger partial charge in [0.25, 0.3) is 5.24 Å². The minimum absolute atomic E-state index is 0.0354. The summed E-state index contributed by atoms with van der Waals surface area (Å²) in [5.74, 6) is 0.220. The smallest absolute Gasteiger partial charge is 0.281 e. The summed E-state index contributed by atoms with van der Waals surface area (Å²) < 4.78 is 26.3. The van der Waals surface area contributed by atoms with E-state index in [1.807, 2.05) is 17.0 Å². The second-order valence-electron chi connectivity index (χ2n) is 9.27. The molecule has 3 heterocycles. The lowest BCUT2D eigenvalue weighted by atomic mass is 10.1. The first kappa shape index (κ1) is 25.5. The van der Waals surface area contributed by atoms with E-state index in [0.29, 0.717) is 37.0 Å². The molecular weight excluding hydrogens is 493 g/mol. The third-order valence-electron chi connectivity index (χ3n) is 6.85. The molecule has 37 heavy (non-hydrogen) atoms. The van der Waals surface area contributed by atoms with E-state index in [4.69, 9.17) is 15.2 Å². The predicted molar refractivity (Wildman–Crippen MR) is 146 cm³/mol. The Balaban J connectivity index is 1.17. The van der Waals surface area contributed by atoms with E-state index in [2.05, 4.69) is 51.7 Å². The Labute approximate surface area is 220 Å². The van der Waals surface area contributed by atoms with E-state index in [1.54, 1.807) is 6.07 Å². The fourth-order valence-corrected chi connectivity index (χ4v) is 5.77. The van der Waals surface area contributed by atoms with E-state index >= 15 is 4.39 Å². The molecular formula is C27H32FN5O3S. The van der Waals surface area contributed by atoms with Gasteiger partial charge >= 0.3 is 0 Å². The monoisotopic (exact) mass is 525 g/mol. The van der Waals surface area contributed by atoms with Gasteiger partial charge in [0.15, 0.2) is 0 Å². The van der Waals surface area contributed by atoms with Crippen molar-refractivity contribution in [3.8, 4) is 0 Å². The van der Waals surface area contributed by atoms with Crippen molar-refractivity contribution < 1.29 is 18.7 Å². The van der Waals surface area contributed by atoms with Crippen molar-refractivity contribution in [2.24, 2.45) is 5.73 Å². The van der Waals surface area contributed by atoms with Crippen LogP contribution in [0, 0.1) is 5.82 Å². The summed E-state index contributed by atoms with van der Waals surface area (Å²) in [5.41, 5.74) is 12.1. The van der Waals surface area contributed by atoms with Gasteiger partial charge in [0, 0.05) is 49.3 Å². The number of amides is 1. The number of nitrogens with zero attached hydrogens (tertiary/aromatic N) is 3. The van der Waals surface area contributed by atoms with Crippen molar-refractivity contribution in [1.29, 1.82) is 0 Å². The molecule has 3 N–H and O–H groups in total. The maximum absolute atomic E-state index is 15.2. The van der Waals surface area contributed by atoms with Crippen LogP contribution in [0.3, 0.4) is 0 Å². The van der Waals surface area contributed by atoms with Crippen molar-refractivity contribution in [3.05, 3.63) is 72.0 Å². The average molecular weight is 526 g/mol. The number of nitrogens with two attached hydrogens (primary N) is 1. The Bertz CT molecular complexity index is 1170. The summed E-state index contributed by atoms with van der Waals surface area (Å²) in [6.07, 6.45) is 0.627. The number of hydrogen-bond donors (Lipinski definition) is 2. The maximum atomic E-state index is 15.2. The molecule has 8 nitrogen and oxygen atoms in total. The van der Waals surface area contributed by atoms with Gasteiger partial charge in [-0.15, -0.1) is 0 Å². The van der Waals surface area contributed by atoms with Crippen LogP contribution < -0.4 is 25.8 Å². The van der Waals surface area contributed by atoms with Gasteiger partial charge in [-0.2, -0.15) is 0 Å². The normalized spacial score (nSPS) is 22.4.